The summed E-state index contributed by atoms with van der Waals surface area (Å²) in [7, 11) is 3.60. The normalized spacial score (nSPS) is 25.3. The van der Waals surface area contributed by atoms with Crippen molar-refractivity contribution in [3.8, 4) is 0 Å². The zero-order valence-electron chi connectivity index (χ0n) is 15.1. The van der Waals surface area contributed by atoms with Crippen LogP contribution in [0.1, 0.15) is 24.8 Å². The van der Waals surface area contributed by atoms with Gasteiger partial charge in [-0.2, -0.15) is 24.5 Å². The van der Waals surface area contributed by atoms with Gasteiger partial charge in [-0.25, -0.2) is 4.79 Å². The number of carboxylic acids is 1. The molecular formula is C17H23F3N2O4S. The van der Waals surface area contributed by atoms with Gasteiger partial charge in [0.1, 0.15) is 6.10 Å². The topological polar surface area (TPSA) is 70.1 Å². The minimum Gasteiger partial charge on any atom is -0.475 e. The fourth-order valence-electron chi connectivity index (χ4n) is 3.30. The van der Waals surface area contributed by atoms with E-state index in [1.807, 2.05) is 0 Å². The molecule has 1 amide bonds. The number of halogens is 3. The van der Waals surface area contributed by atoms with Gasteiger partial charge in [0.2, 0.25) is 0 Å². The molecule has 2 aliphatic rings. The van der Waals surface area contributed by atoms with E-state index in [1.54, 1.807) is 30.3 Å². The number of fused-ring (bicyclic) bond motifs is 1. The molecule has 2 aliphatic heterocycles. The molecule has 1 aromatic rings. The maximum Gasteiger partial charge on any atom is 0.490 e. The van der Waals surface area contributed by atoms with Crippen LogP contribution in [-0.2, 0) is 20.9 Å². The molecule has 27 heavy (non-hydrogen) atoms. The highest BCUT2D eigenvalue weighted by Crippen LogP contribution is 2.33. The van der Waals surface area contributed by atoms with Crippen molar-refractivity contribution in [2.75, 3.05) is 20.6 Å². The Bertz CT molecular complexity index is 637. The fraction of sp³-hybridized carbons (Fsp3) is 0.647. The molecule has 3 atom stereocenters. The van der Waals surface area contributed by atoms with Crippen LogP contribution in [0.2, 0.25) is 0 Å². The van der Waals surface area contributed by atoms with Gasteiger partial charge in [0.15, 0.2) is 0 Å². The Balaban J connectivity index is 0.000000321. The number of nitrogens with zero attached hydrogens (tertiary/aromatic N) is 2. The Kier molecular flexibility index (Phi) is 7.24. The van der Waals surface area contributed by atoms with Crippen LogP contribution in [0.4, 0.5) is 13.2 Å². The summed E-state index contributed by atoms with van der Waals surface area (Å²) in [6.45, 7) is 2.09. The molecule has 152 valence electrons. The van der Waals surface area contributed by atoms with E-state index < -0.39 is 12.1 Å². The van der Waals surface area contributed by atoms with Gasteiger partial charge < -0.3 is 14.7 Å². The average molecular weight is 408 g/mol. The van der Waals surface area contributed by atoms with Crippen LogP contribution in [0, 0.1) is 0 Å². The number of aliphatic carboxylic acids is 1. The highest BCUT2D eigenvalue weighted by atomic mass is 32.1. The summed E-state index contributed by atoms with van der Waals surface area (Å²) < 4.78 is 37.8. The second kappa shape index (κ2) is 9.03. The molecule has 0 unspecified atom stereocenters. The van der Waals surface area contributed by atoms with Crippen LogP contribution in [0.3, 0.4) is 0 Å². The summed E-state index contributed by atoms with van der Waals surface area (Å²) in [6, 6.07) is 2.68. The average Bonchev–Trinajstić information content (AvgIpc) is 3.24. The number of ether oxygens (including phenoxy) is 1. The van der Waals surface area contributed by atoms with Gasteiger partial charge in [0, 0.05) is 33.2 Å². The Morgan fingerprint density at radius 1 is 1.33 bits per heavy atom. The van der Waals surface area contributed by atoms with Crippen LogP contribution in [-0.4, -0.2) is 71.8 Å². The third-order valence-electron chi connectivity index (χ3n) is 4.59. The van der Waals surface area contributed by atoms with E-state index in [1.165, 1.54) is 5.56 Å². The standard InChI is InChI=1S/C15H22N2O2S.C2HF3O2/c1-16(2)15(18)14-4-3-12-13(19-14)5-7-17(12)9-11-6-8-20-10-11;3-2(4,5)1(6)7/h6,8,10,12-14H,3-5,7,9H2,1-2H3;(H,6,7)/t12-,13-,14+;/m1./s1. The highest BCUT2D eigenvalue weighted by molar-refractivity contribution is 7.07. The summed E-state index contributed by atoms with van der Waals surface area (Å²) in [5, 5.41) is 11.5. The second-order valence-electron chi connectivity index (χ2n) is 6.73. The van der Waals surface area contributed by atoms with Gasteiger partial charge in [0.05, 0.1) is 6.10 Å². The Morgan fingerprint density at radius 2 is 2.00 bits per heavy atom. The quantitative estimate of drug-likeness (QED) is 0.833. The first-order chi connectivity index (χ1) is 12.6. The molecule has 2 saturated heterocycles. The third-order valence-corrected chi connectivity index (χ3v) is 5.32. The van der Waals surface area contributed by atoms with Crippen LogP contribution in [0.5, 0.6) is 0 Å². The molecule has 0 aromatic carbocycles. The summed E-state index contributed by atoms with van der Waals surface area (Å²) in [4.78, 5) is 25.1. The summed E-state index contributed by atoms with van der Waals surface area (Å²) in [6.07, 6.45) is -2.12. The molecule has 0 saturated carbocycles. The molecule has 0 aliphatic carbocycles. The minimum atomic E-state index is -5.08. The van der Waals surface area contributed by atoms with Crippen LogP contribution in [0.15, 0.2) is 16.8 Å². The molecule has 0 bridgehead atoms. The zero-order chi connectivity index (χ0) is 20.2. The van der Waals surface area contributed by atoms with E-state index >= 15 is 0 Å². The van der Waals surface area contributed by atoms with Crippen LogP contribution in [0.25, 0.3) is 0 Å². The molecule has 6 nitrogen and oxygen atoms in total. The van der Waals surface area contributed by atoms with E-state index in [9.17, 15) is 18.0 Å². The number of likely N-dealkylation sites (N-methyl/N-ethyl adjacent to an activating group) is 1. The van der Waals surface area contributed by atoms with Crippen molar-refractivity contribution in [3.05, 3.63) is 22.4 Å². The molecule has 1 N–H and O–H groups in total. The van der Waals surface area contributed by atoms with Gasteiger partial charge in [0.25, 0.3) is 5.91 Å². The van der Waals surface area contributed by atoms with Gasteiger partial charge in [-0.3, -0.25) is 9.69 Å². The summed E-state index contributed by atoms with van der Waals surface area (Å²) >= 11 is 1.75. The van der Waals surface area contributed by atoms with E-state index in [2.05, 4.69) is 21.7 Å². The van der Waals surface area contributed by atoms with E-state index in [4.69, 9.17) is 14.6 Å². The number of hydrogen-bond donors (Lipinski definition) is 1. The summed E-state index contributed by atoms with van der Waals surface area (Å²) in [5.41, 5.74) is 1.39. The van der Waals surface area contributed by atoms with E-state index in [-0.39, 0.29) is 18.1 Å². The van der Waals surface area contributed by atoms with Crippen molar-refractivity contribution in [3.63, 3.8) is 0 Å². The van der Waals surface area contributed by atoms with Crippen molar-refractivity contribution >= 4 is 23.2 Å². The van der Waals surface area contributed by atoms with Crippen LogP contribution < -0.4 is 0 Å². The molecular weight excluding hydrogens is 385 g/mol. The number of alkyl halides is 3. The number of rotatable bonds is 3. The maximum atomic E-state index is 12.0. The van der Waals surface area contributed by atoms with Gasteiger partial charge in [-0.15, -0.1) is 0 Å². The lowest BCUT2D eigenvalue weighted by atomic mass is 9.98. The number of hydrogen-bond acceptors (Lipinski definition) is 5. The number of carboxylic acid groups (broad SMARTS) is 1. The highest BCUT2D eigenvalue weighted by Gasteiger charge is 2.42. The molecule has 3 rings (SSSR count). The van der Waals surface area contributed by atoms with Gasteiger partial charge >= 0.3 is 12.1 Å². The molecule has 10 heteroatoms. The smallest absolute Gasteiger partial charge is 0.475 e. The molecule has 2 fully saturated rings. The number of carbonyl (C=O) groups excluding carboxylic acids is 1. The molecule has 3 heterocycles. The lowest BCUT2D eigenvalue weighted by molar-refractivity contribution is -0.192. The van der Waals surface area contributed by atoms with Crippen molar-refractivity contribution in [1.82, 2.24) is 9.80 Å². The monoisotopic (exact) mass is 408 g/mol. The van der Waals surface area contributed by atoms with Gasteiger partial charge in [-0.05, 0) is 41.7 Å². The van der Waals surface area contributed by atoms with Crippen LogP contribution >= 0.6 is 11.3 Å². The number of likely N-dealkylation sites (tertiary alicyclic amines) is 1. The maximum absolute atomic E-state index is 12.0. The Morgan fingerprint density at radius 3 is 2.52 bits per heavy atom. The molecule has 0 spiro atoms. The summed E-state index contributed by atoms with van der Waals surface area (Å²) in [5.74, 6) is -2.65. The van der Waals surface area contributed by atoms with E-state index in [0.717, 1.165) is 32.4 Å². The number of amides is 1. The lowest BCUT2D eigenvalue weighted by Gasteiger charge is -2.36. The molecule has 0 radical (unpaired) electrons. The largest absolute Gasteiger partial charge is 0.490 e. The zero-order valence-corrected chi connectivity index (χ0v) is 15.9. The third kappa shape index (κ3) is 5.91. The van der Waals surface area contributed by atoms with Crippen molar-refractivity contribution < 1.29 is 32.6 Å². The predicted molar refractivity (Wildman–Crippen MR) is 93.4 cm³/mol. The first-order valence-corrected chi connectivity index (χ1v) is 9.45. The minimum absolute atomic E-state index is 0.111. The fourth-order valence-corrected chi connectivity index (χ4v) is 3.96. The number of thiophene rings is 1. The van der Waals surface area contributed by atoms with Crippen molar-refractivity contribution in [1.29, 1.82) is 0 Å². The van der Waals surface area contributed by atoms with Crippen molar-refractivity contribution in [2.24, 2.45) is 0 Å². The molecule has 1 aromatic heterocycles. The SMILES string of the molecule is CN(C)C(=O)[C@@H]1CC[C@@H]2[C@@H](CCN2Cc2ccsc2)O1.O=C(O)C(F)(F)F. The number of carbonyl (C=O) groups is 2. The predicted octanol–water partition coefficient (Wildman–Crippen LogP) is 2.59. The lowest BCUT2D eigenvalue weighted by Crippen LogP contribution is -2.47. The Hall–Kier alpha value is -1.65. The second-order valence-corrected chi connectivity index (χ2v) is 7.51. The van der Waals surface area contributed by atoms with Crippen molar-refractivity contribution in [2.45, 2.75) is 50.2 Å². The Labute approximate surface area is 159 Å². The van der Waals surface area contributed by atoms with Gasteiger partial charge in [-0.1, -0.05) is 0 Å². The first-order valence-electron chi connectivity index (χ1n) is 8.51. The first kappa shape index (κ1) is 21.6. The van der Waals surface area contributed by atoms with E-state index in [0.29, 0.717) is 6.04 Å².